The molecule has 0 unspecified atom stereocenters. The van der Waals surface area contributed by atoms with Crippen LogP contribution in [0.4, 0.5) is 13.6 Å². The summed E-state index contributed by atoms with van der Waals surface area (Å²) in [5, 5.41) is 6.75. The molecule has 3 N–H and O–H groups in total. The van der Waals surface area contributed by atoms with E-state index in [0.29, 0.717) is 56.8 Å². The van der Waals surface area contributed by atoms with Gasteiger partial charge in [-0.25, -0.2) is 27.0 Å². The molecule has 4 amide bonds. The van der Waals surface area contributed by atoms with Crippen LogP contribution in [0.1, 0.15) is 93.4 Å². The number of nitrogens with one attached hydrogen (secondary N) is 3. The Morgan fingerprint density at radius 2 is 1.78 bits per heavy atom. The van der Waals surface area contributed by atoms with Gasteiger partial charge in [0.15, 0.2) is 5.60 Å². The monoisotopic (exact) mass is 831 g/mol. The molecule has 2 saturated carbocycles. The molecular weight excluding hydrogens is 777 g/mol. The first-order valence-corrected chi connectivity index (χ1v) is 21.5. The van der Waals surface area contributed by atoms with Crippen molar-refractivity contribution in [1.82, 2.24) is 25.2 Å². The topological polar surface area (TPSA) is 182 Å². The first-order chi connectivity index (χ1) is 27.1. The van der Waals surface area contributed by atoms with Gasteiger partial charge >= 0.3 is 6.09 Å². The maximum Gasteiger partial charge on any atom is 0.408 e. The number of carbonyl (C=O) groups is 4. The van der Waals surface area contributed by atoms with Crippen LogP contribution >= 0.6 is 0 Å². The zero-order chi connectivity index (χ0) is 42.4. The Bertz CT molecular complexity index is 2070. The number of amides is 4. The maximum absolute atomic E-state index is 14.8. The van der Waals surface area contributed by atoms with Crippen molar-refractivity contribution in [3.63, 3.8) is 0 Å². The molecule has 2 aliphatic heterocycles. The minimum Gasteiger partial charge on any atom is -0.492 e. The number of rotatable bonds is 10. The second-order valence-electron chi connectivity index (χ2n) is 17.3. The van der Waals surface area contributed by atoms with Gasteiger partial charge in [-0.2, -0.15) is 0 Å². The average molecular weight is 832 g/mol. The van der Waals surface area contributed by atoms with Crippen molar-refractivity contribution in [3.05, 3.63) is 42.6 Å². The second kappa shape index (κ2) is 15.9. The summed E-state index contributed by atoms with van der Waals surface area (Å²) in [5.74, 6) is -5.95. The highest BCUT2D eigenvalue weighted by Gasteiger charge is 2.63. The van der Waals surface area contributed by atoms with Crippen LogP contribution in [-0.4, -0.2) is 95.3 Å². The van der Waals surface area contributed by atoms with Gasteiger partial charge in [0.1, 0.15) is 29.5 Å². The van der Waals surface area contributed by atoms with Crippen molar-refractivity contribution < 1.29 is 50.6 Å². The Balaban J connectivity index is 1.36. The number of alkyl carbamates (subject to hydrolysis) is 1. The predicted octanol–water partition coefficient (Wildman–Crippen LogP) is 5.40. The molecule has 17 heteroatoms. The molecule has 6 rings (SSSR count). The number of allylic oxidation sites excluding steroid dienone is 1. The standard InChI is InChI=1S/C41H55F2N5O9S/c1-8-55-31-22-44-34(29-16-12-11-15-28(29)31)56-27-20-30-33(49)46-41(36(51)47-58(53,54)39(6)17-18-39)21-26(41)14-10-9-13-24(2)19-25(3)32(35(50)48(30)23-27)45-37(52)57-38(4,5)40(7,42)43/h10-12,14-16,22,24-27,30,32H,8-9,13,17-21,23H2,1-7H3,(H,45,52)(H,46,49)(H,47,51)/b14-10-/t24-,25+,26+,27+,30-,32-,41+/m0/s1. The van der Waals surface area contributed by atoms with Gasteiger partial charge in [0, 0.05) is 30.0 Å². The molecule has 7 atom stereocenters. The van der Waals surface area contributed by atoms with E-state index in [-0.39, 0.29) is 31.2 Å². The number of fused-ring (bicyclic) bond motifs is 3. The number of sulfonamides is 1. The lowest BCUT2D eigenvalue weighted by Gasteiger charge is -2.35. The third-order valence-electron chi connectivity index (χ3n) is 12.2. The third kappa shape index (κ3) is 8.74. The number of benzene rings is 1. The van der Waals surface area contributed by atoms with Crippen LogP contribution in [-0.2, 0) is 29.1 Å². The third-order valence-corrected chi connectivity index (χ3v) is 14.4. The zero-order valence-electron chi connectivity index (χ0n) is 34.1. The highest BCUT2D eigenvalue weighted by molar-refractivity contribution is 7.91. The number of halogens is 2. The smallest absolute Gasteiger partial charge is 0.408 e. The van der Waals surface area contributed by atoms with Crippen LogP contribution in [0.15, 0.2) is 42.6 Å². The summed E-state index contributed by atoms with van der Waals surface area (Å²) in [4.78, 5) is 62.4. The number of nitrogens with zero attached hydrogens (tertiary/aromatic N) is 2. The fourth-order valence-corrected chi connectivity index (χ4v) is 9.05. The Morgan fingerprint density at radius 1 is 1.09 bits per heavy atom. The summed E-state index contributed by atoms with van der Waals surface area (Å²) in [6, 6.07) is 4.74. The minimum atomic E-state index is -4.05. The molecule has 58 heavy (non-hydrogen) atoms. The summed E-state index contributed by atoms with van der Waals surface area (Å²) >= 11 is 0. The number of hydrogen-bond donors (Lipinski definition) is 3. The quantitative estimate of drug-likeness (QED) is 0.263. The van der Waals surface area contributed by atoms with Crippen molar-refractivity contribution in [3.8, 4) is 11.6 Å². The van der Waals surface area contributed by atoms with E-state index in [1.165, 1.54) is 11.1 Å². The number of pyridine rings is 1. The van der Waals surface area contributed by atoms with Crippen LogP contribution < -0.4 is 24.8 Å². The lowest BCUT2D eigenvalue weighted by Crippen LogP contribution is -2.59. The summed E-state index contributed by atoms with van der Waals surface area (Å²) in [7, 11) is -4.05. The normalized spacial score (nSPS) is 29.4. The van der Waals surface area contributed by atoms with Crippen LogP contribution in [0.5, 0.6) is 11.6 Å². The predicted molar refractivity (Wildman–Crippen MR) is 211 cm³/mol. The van der Waals surface area contributed by atoms with E-state index in [2.05, 4.69) is 20.3 Å². The van der Waals surface area contributed by atoms with E-state index in [1.54, 1.807) is 19.9 Å². The number of aromatic nitrogens is 1. The van der Waals surface area contributed by atoms with Gasteiger partial charge in [-0.15, -0.1) is 0 Å². The Morgan fingerprint density at radius 3 is 2.43 bits per heavy atom. The molecule has 3 heterocycles. The molecule has 4 aliphatic rings. The largest absolute Gasteiger partial charge is 0.492 e. The number of ether oxygens (including phenoxy) is 3. The lowest BCUT2D eigenvalue weighted by molar-refractivity contribution is -0.152. The van der Waals surface area contributed by atoms with Crippen molar-refractivity contribution in [1.29, 1.82) is 0 Å². The summed E-state index contributed by atoms with van der Waals surface area (Å²) in [5.41, 5.74) is -3.82. The van der Waals surface area contributed by atoms with Gasteiger partial charge < -0.3 is 29.7 Å². The van der Waals surface area contributed by atoms with Gasteiger partial charge in [0.2, 0.25) is 27.7 Å². The molecule has 1 aromatic heterocycles. The summed E-state index contributed by atoms with van der Waals surface area (Å²) < 4.78 is 73.8. The lowest BCUT2D eigenvalue weighted by atomic mass is 9.88. The molecule has 0 spiro atoms. The molecule has 2 aromatic rings. The summed E-state index contributed by atoms with van der Waals surface area (Å²) in [6.07, 6.45) is 5.76. The van der Waals surface area contributed by atoms with Crippen LogP contribution in [0.25, 0.3) is 10.8 Å². The molecule has 1 saturated heterocycles. The molecular formula is C41H55F2N5O9S. The zero-order valence-corrected chi connectivity index (χ0v) is 34.9. The van der Waals surface area contributed by atoms with Crippen LogP contribution in [0.2, 0.25) is 0 Å². The van der Waals surface area contributed by atoms with Crippen molar-refractivity contribution >= 4 is 44.6 Å². The second-order valence-corrected chi connectivity index (χ2v) is 19.5. The van der Waals surface area contributed by atoms with Gasteiger partial charge in [-0.1, -0.05) is 44.2 Å². The van der Waals surface area contributed by atoms with E-state index in [1.807, 2.05) is 44.2 Å². The van der Waals surface area contributed by atoms with Crippen LogP contribution in [0.3, 0.4) is 0 Å². The number of alkyl halides is 2. The first-order valence-electron chi connectivity index (χ1n) is 20.0. The van der Waals surface area contributed by atoms with E-state index in [9.17, 15) is 36.4 Å². The van der Waals surface area contributed by atoms with E-state index in [0.717, 1.165) is 19.2 Å². The fourth-order valence-electron chi connectivity index (χ4n) is 7.74. The molecule has 0 bridgehead atoms. The van der Waals surface area contributed by atoms with E-state index in [4.69, 9.17) is 14.2 Å². The average Bonchev–Trinajstić information content (AvgIpc) is 4.02. The molecule has 14 nitrogen and oxygen atoms in total. The Labute approximate surface area is 338 Å². The molecule has 0 radical (unpaired) electrons. The number of hydrogen-bond acceptors (Lipinski definition) is 10. The minimum absolute atomic E-state index is 0.0234. The summed E-state index contributed by atoms with van der Waals surface area (Å²) in [6.45, 7) is 10.2. The highest BCUT2D eigenvalue weighted by Crippen LogP contribution is 2.48. The van der Waals surface area contributed by atoms with E-state index < -0.39 is 85.7 Å². The van der Waals surface area contributed by atoms with E-state index >= 15 is 0 Å². The maximum atomic E-state index is 14.8. The fraction of sp³-hybridized carbons (Fsp3) is 0.634. The van der Waals surface area contributed by atoms with Gasteiger partial charge in [-0.05, 0) is 84.1 Å². The molecule has 3 fully saturated rings. The van der Waals surface area contributed by atoms with Crippen molar-refractivity contribution in [2.24, 2.45) is 17.8 Å². The Kier molecular flexibility index (Phi) is 11.8. The van der Waals surface area contributed by atoms with Gasteiger partial charge in [0.25, 0.3) is 11.8 Å². The molecule has 1 aromatic carbocycles. The first kappa shape index (κ1) is 43.0. The Hall–Kier alpha value is -4.54. The van der Waals surface area contributed by atoms with Crippen molar-refractivity contribution in [2.45, 2.75) is 133 Å². The SMILES string of the molecule is CCOc1cnc(O[C@@H]2C[C@H]3C(=O)N[C@]4(C(=O)NS(=O)(=O)C5(C)CC5)C[C@H]4/C=C\CC[C@H](C)C[C@@H](C)[C@H](NC(=O)OC(C)(C)C(C)(F)F)C(=O)N3C2)c2ccccc12. The highest BCUT2D eigenvalue weighted by atomic mass is 32.2. The molecule has 2 aliphatic carbocycles. The molecule has 318 valence electrons. The van der Waals surface area contributed by atoms with Crippen molar-refractivity contribution in [2.75, 3.05) is 13.2 Å². The van der Waals surface area contributed by atoms with Gasteiger partial charge in [0.05, 0.1) is 24.1 Å². The number of carbonyl (C=O) groups excluding carboxylic acids is 4. The van der Waals surface area contributed by atoms with Crippen LogP contribution in [0, 0.1) is 17.8 Å². The van der Waals surface area contributed by atoms with Gasteiger partial charge in [-0.3, -0.25) is 19.1 Å².